The van der Waals surface area contributed by atoms with Gasteiger partial charge in [0.05, 0.1) is 17.9 Å². The van der Waals surface area contributed by atoms with Gasteiger partial charge in [-0.1, -0.05) is 6.07 Å². The molecule has 102 valence electrons. The van der Waals surface area contributed by atoms with E-state index in [4.69, 9.17) is 4.74 Å². The minimum Gasteiger partial charge on any atom is -0.469 e. The van der Waals surface area contributed by atoms with E-state index in [-0.39, 0.29) is 23.8 Å². The van der Waals surface area contributed by atoms with Gasteiger partial charge in [-0.05, 0) is 42.5 Å². The van der Waals surface area contributed by atoms with Crippen molar-refractivity contribution in [1.82, 2.24) is 5.32 Å². The molecule has 1 aromatic rings. The molecule has 2 aliphatic rings. The van der Waals surface area contributed by atoms with E-state index in [1.165, 1.54) is 18.4 Å². The van der Waals surface area contributed by atoms with Crippen molar-refractivity contribution >= 4 is 23.2 Å². The fourth-order valence-electron chi connectivity index (χ4n) is 3.60. The van der Waals surface area contributed by atoms with Crippen molar-refractivity contribution in [2.75, 3.05) is 7.11 Å². The van der Waals surface area contributed by atoms with Gasteiger partial charge in [0.25, 0.3) is 5.91 Å². The smallest absolute Gasteiger partial charge is 0.311 e. The van der Waals surface area contributed by atoms with Gasteiger partial charge < -0.3 is 10.1 Å². The Kier molecular flexibility index (Phi) is 3.31. The van der Waals surface area contributed by atoms with E-state index in [9.17, 15) is 9.59 Å². The van der Waals surface area contributed by atoms with Gasteiger partial charge in [-0.3, -0.25) is 9.59 Å². The zero-order valence-corrected chi connectivity index (χ0v) is 11.6. The minimum absolute atomic E-state index is 0.0548. The molecule has 0 saturated heterocycles. The maximum atomic E-state index is 12.1. The molecule has 19 heavy (non-hydrogen) atoms. The molecule has 4 atom stereocenters. The van der Waals surface area contributed by atoms with Crippen LogP contribution < -0.4 is 5.32 Å². The summed E-state index contributed by atoms with van der Waals surface area (Å²) in [6, 6.07) is 3.61. The quantitative estimate of drug-likeness (QED) is 0.862. The number of esters is 1. The highest BCUT2D eigenvalue weighted by atomic mass is 32.1. The normalized spacial score (nSPS) is 32.3. The number of amides is 1. The molecule has 0 aliphatic heterocycles. The molecule has 1 aromatic heterocycles. The van der Waals surface area contributed by atoms with Crippen molar-refractivity contribution in [2.45, 2.75) is 25.3 Å². The SMILES string of the molecule is COC(=O)[C@H]1[C@H]2CC[C@@H](C2)[C@H]1NC(=O)c1cccs1. The molecule has 1 N–H and O–H groups in total. The molecular formula is C14H17NO3S. The molecule has 3 rings (SSSR count). The number of nitrogens with one attached hydrogen (secondary N) is 1. The lowest BCUT2D eigenvalue weighted by Gasteiger charge is -2.29. The van der Waals surface area contributed by atoms with Crippen LogP contribution in [0.3, 0.4) is 0 Å². The molecule has 0 spiro atoms. The Morgan fingerprint density at radius 3 is 2.84 bits per heavy atom. The monoisotopic (exact) mass is 279 g/mol. The maximum Gasteiger partial charge on any atom is 0.311 e. The van der Waals surface area contributed by atoms with Crippen molar-refractivity contribution in [3.05, 3.63) is 22.4 Å². The average Bonchev–Trinajstić information content (AvgIpc) is 3.13. The molecule has 0 radical (unpaired) electrons. The van der Waals surface area contributed by atoms with Crippen molar-refractivity contribution in [2.24, 2.45) is 17.8 Å². The molecule has 2 aliphatic carbocycles. The second-order valence-corrected chi connectivity index (χ2v) is 6.31. The average molecular weight is 279 g/mol. The summed E-state index contributed by atoms with van der Waals surface area (Å²) in [7, 11) is 1.42. The first-order valence-electron chi connectivity index (χ1n) is 6.63. The molecule has 1 heterocycles. The minimum atomic E-state index is -0.177. The van der Waals surface area contributed by atoms with Crippen molar-refractivity contribution in [1.29, 1.82) is 0 Å². The molecule has 5 heteroatoms. The number of rotatable bonds is 3. The Bertz CT molecular complexity index is 485. The predicted molar refractivity (Wildman–Crippen MR) is 71.9 cm³/mol. The summed E-state index contributed by atoms with van der Waals surface area (Å²) >= 11 is 1.42. The summed E-state index contributed by atoms with van der Waals surface area (Å²) in [6.45, 7) is 0. The standard InChI is InChI=1S/C14H17NO3S/c1-18-14(17)11-8-4-5-9(7-8)12(11)15-13(16)10-3-2-6-19-10/h2-3,6,8-9,11-12H,4-5,7H2,1H3,(H,15,16)/t8-,9-,11-,12+/m0/s1. The van der Waals surface area contributed by atoms with E-state index < -0.39 is 0 Å². The highest BCUT2D eigenvalue weighted by Gasteiger charge is 2.52. The van der Waals surface area contributed by atoms with Crippen LogP contribution in [-0.4, -0.2) is 25.0 Å². The third-order valence-corrected chi connectivity index (χ3v) is 5.30. The maximum absolute atomic E-state index is 12.1. The fraction of sp³-hybridized carbons (Fsp3) is 0.571. The van der Waals surface area contributed by atoms with E-state index >= 15 is 0 Å². The lowest BCUT2D eigenvalue weighted by atomic mass is 9.84. The number of fused-ring (bicyclic) bond motifs is 2. The highest BCUT2D eigenvalue weighted by molar-refractivity contribution is 7.12. The second kappa shape index (κ2) is 4.96. The third kappa shape index (κ3) is 2.16. The molecular weight excluding hydrogens is 262 g/mol. The first kappa shape index (κ1) is 12.7. The Balaban J connectivity index is 1.75. The first-order valence-corrected chi connectivity index (χ1v) is 7.51. The number of ether oxygens (including phenoxy) is 1. The number of carbonyl (C=O) groups excluding carboxylic acids is 2. The third-order valence-electron chi connectivity index (χ3n) is 4.43. The van der Waals surface area contributed by atoms with Crippen molar-refractivity contribution < 1.29 is 14.3 Å². The van der Waals surface area contributed by atoms with E-state index in [1.54, 1.807) is 6.07 Å². The van der Waals surface area contributed by atoms with Gasteiger partial charge in [-0.2, -0.15) is 0 Å². The molecule has 1 amide bonds. The Morgan fingerprint density at radius 1 is 1.37 bits per heavy atom. The van der Waals surface area contributed by atoms with Crippen LogP contribution in [0, 0.1) is 17.8 Å². The summed E-state index contributed by atoms with van der Waals surface area (Å²) in [5.74, 6) is 0.405. The van der Waals surface area contributed by atoms with Crippen LogP contribution in [0.1, 0.15) is 28.9 Å². The van der Waals surface area contributed by atoms with Gasteiger partial charge in [0.15, 0.2) is 0 Å². The van der Waals surface area contributed by atoms with Crippen molar-refractivity contribution in [3.8, 4) is 0 Å². The molecule has 0 aromatic carbocycles. The van der Waals surface area contributed by atoms with E-state index in [0.29, 0.717) is 16.7 Å². The molecule has 2 bridgehead atoms. The number of thiophene rings is 1. The first-order chi connectivity index (χ1) is 9.20. The van der Waals surface area contributed by atoms with Gasteiger partial charge in [0.1, 0.15) is 0 Å². The topological polar surface area (TPSA) is 55.4 Å². The number of hydrogen-bond acceptors (Lipinski definition) is 4. The van der Waals surface area contributed by atoms with Crippen LogP contribution in [-0.2, 0) is 9.53 Å². The molecule has 4 nitrogen and oxygen atoms in total. The van der Waals surface area contributed by atoms with Gasteiger partial charge in [0, 0.05) is 6.04 Å². The van der Waals surface area contributed by atoms with Crippen LogP contribution in [0.2, 0.25) is 0 Å². The Morgan fingerprint density at radius 2 is 2.16 bits per heavy atom. The Labute approximate surface area is 116 Å². The van der Waals surface area contributed by atoms with Crippen LogP contribution in [0.15, 0.2) is 17.5 Å². The largest absolute Gasteiger partial charge is 0.469 e. The molecule has 2 saturated carbocycles. The fourth-order valence-corrected chi connectivity index (χ4v) is 4.23. The van der Waals surface area contributed by atoms with Gasteiger partial charge in [0.2, 0.25) is 0 Å². The lowest BCUT2D eigenvalue weighted by Crippen LogP contribution is -2.47. The van der Waals surface area contributed by atoms with E-state index in [0.717, 1.165) is 19.3 Å². The van der Waals surface area contributed by atoms with E-state index in [2.05, 4.69) is 5.32 Å². The number of hydrogen-bond donors (Lipinski definition) is 1. The summed E-state index contributed by atoms with van der Waals surface area (Å²) in [6.07, 6.45) is 3.22. The summed E-state index contributed by atoms with van der Waals surface area (Å²) in [4.78, 5) is 24.8. The number of carbonyl (C=O) groups is 2. The van der Waals surface area contributed by atoms with Crippen LogP contribution >= 0.6 is 11.3 Å². The van der Waals surface area contributed by atoms with Crippen LogP contribution in [0.25, 0.3) is 0 Å². The summed E-state index contributed by atoms with van der Waals surface area (Å²) < 4.78 is 4.90. The summed E-state index contributed by atoms with van der Waals surface area (Å²) in [5, 5.41) is 4.93. The lowest BCUT2D eigenvalue weighted by molar-refractivity contribution is -0.148. The highest BCUT2D eigenvalue weighted by Crippen LogP contribution is 2.49. The molecule has 2 fully saturated rings. The second-order valence-electron chi connectivity index (χ2n) is 5.36. The summed E-state index contributed by atoms with van der Waals surface area (Å²) in [5.41, 5.74) is 0. The zero-order valence-electron chi connectivity index (χ0n) is 10.8. The number of methoxy groups -OCH3 is 1. The predicted octanol–water partition coefficient (Wildman–Crippen LogP) is 2.07. The van der Waals surface area contributed by atoms with Crippen LogP contribution in [0.4, 0.5) is 0 Å². The van der Waals surface area contributed by atoms with Gasteiger partial charge >= 0.3 is 5.97 Å². The van der Waals surface area contributed by atoms with Gasteiger partial charge in [-0.25, -0.2) is 0 Å². The molecule has 0 unspecified atom stereocenters. The van der Waals surface area contributed by atoms with Crippen molar-refractivity contribution in [3.63, 3.8) is 0 Å². The zero-order chi connectivity index (χ0) is 13.4. The van der Waals surface area contributed by atoms with Gasteiger partial charge in [-0.15, -0.1) is 11.3 Å². The van der Waals surface area contributed by atoms with E-state index in [1.807, 2.05) is 11.4 Å². The Hall–Kier alpha value is -1.36. The van der Waals surface area contributed by atoms with Crippen LogP contribution in [0.5, 0.6) is 0 Å².